The first-order valence-electron chi connectivity index (χ1n) is 11.3. The third-order valence-electron chi connectivity index (χ3n) is 5.80. The zero-order valence-corrected chi connectivity index (χ0v) is 20.7. The molecular weight excluding hydrogens is 511 g/mol. The number of benzene rings is 4. The van der Waals surface area contributed by atoms with Crippen LogP contribution in [0.25, 0.3) is 10.8 Å². The second-order valence-corrected chi connectivity index (χ2v) is 10.2. The van der Waals surface area contributed by atoms with E-state index in [1.807, 2.05) is 0 Å². The zero-order valence-electron chi connectivity index (χ0n) is 19.9. The number of fused-ring (bicyclic) bond motifs is 1. The second-order valence-electron chi connectivity index (χ2n) is 8.36. The lowest BCUT2D eigenvalue weighted by atomic mass is 10.0. The van der Waals surface area contributed by atoms with E-state index in [-0.39, 0.29) is 28.9 Å². The van der Waals surface area contributed by atoms with Crippen LogP contribution in [-0.4, -0.2) is 37.8 Å². The molecular formula is C27H23FN4O5S. The predicted molar refractivity (Wildman–Crippen MR) is 141 cm³/mol. The van der Waals surface area contributed by atoms with Gasteiger partial charge in [0.2, 0.25) is 0 Å². The SMILES string of the molecule is N=C(N)c1ccc(CNC(=O)c2cccc3cc(N(CC(=O)O)S(=O)(=O)c4ccc(F)cc4)ccc23)cc1. The molecule has 0 bridgehead atoms. The number of anilines is 1. The van der Waals surface area contributed by atoms with Crippen LogP contribution >= 0.6 is 0 Å². The van der Waals surface area contributed by atoms with Gasteiger partial charge >= 0.3 is 5.97 Å². The van der Waals surface area contributed by atoms with Gasteiger partial charge in [0.1, 0.15) is 18.2 Å². The summed E-state index contributed by atoms with van der Waals surface area (Å²) in [5.74, 6) is -2.41. The van der Waals surface area contributed by atoms with Crippen molar-refractivity contribution >= 4 is 44.2 Å². The van der Waals surface area contributed by atoms with Crippen LogP contribution in [0.4, 0.5) is 10.1 Å². The van der Waals surface area contributed by atoms with Gasteiger partial charge in [-0.2, -0.15) is 0 Å². The van der Waals surface area contributed by atoms with E-state index >= 15 is 0 Å². The monoisotopic (exact) mass is 534 g/mol. The fraction of sp³-hybridized carbons (Fsp3) is 0.0741. The van der Waals surface area contributed by atoms with E-state index < -0.39 is 28.4 Å². The fourth-order valence-corrected chi connectivity index (χ4v) is 5.28. The molecule has 4 aromatic rings. The van der Waals surface area contributed by atoms with Crippen molar-refractivity contribution in [2.45, 2.75) is 11.4 Å². The summed E-state index contributed by atoms with van der Waals surface area (Å²) in [4.78, 5) is 24.2. The number of carboxylic acid groups (broad SMARTS) is 1. The molecule has 0 aliphatic heterocycles. The maximum Gasteiger partial charge on any atom is 0.324 e. The van der Waals surface area contributed by atoms with Crippen molar-refractivity contribution in [1.29, 1.82) is 5.41 Å². The third kappa shape index (κ3) is 5.62. The average Bonchev–Trinajstić information content (AvgIpc) is 2.90. The molecule has 0 aliphatic carbocycles. The molecule has 1 amide bonds. The van der Waals surface area contributed by atoms with Gasteiger partial charge in [-0.15, -0.1) is 0 Å². The lowest BCUT2D eigenvalue weighted by molar-refractivity contribution is -0.135. The van der Waals surface area contributed by atoms with Crippen molar-refractivity contribution in [3.8, 4) is 0 Å². The number of nitrogens with two attached hydrogens (primary N) is 1. The number of carbonyl (C=O) groups is 2. The number of halogens is 1. The maximum absolute atomic E-state index is 13.3. The average molecular weight is 535 g/mol. The number of amides is 1. The molecule has 0 aromatic heterocycles. The topological polar surface area (TPSA) is 154 Å². The first kappa shape index (κ1) is 26.3. The number of aliphatic carboxylic acids is 1. The number of hydrogen-bond acceptors (Lipinski definition) is 5. The first-order chi connectivity index (χ1) is 18.1. The Bertz CT molecular complexity index is 1640. The van der Waals surface area contributed by atoms with E-state index in [1.165, 1.54) is 12.1 Å². The number of nitrogens with one attached hydrogen (secondary N) is 2. The number of rotatable bonds is 9. The quantitative estimate of drug-likeness (QED) is 0.190. The Hall–Kier alpha value is -4.77. The van der Waals surface area contributed by atoms with Crippen molar-refractivity contribution < 1.29 is 27.5 Å². The second kappa shape index (κ2) is 10.7. The summed E-state index contributed by atoms with van der Waals surface area (Å²) in [5, 5.41) is 20.7. The number of sulfonamides is 1. The van der Waals surface area contributed by atoms with Crippen molar-refractivity contribution in [3.63, 3.8) is 0 Å². The molecule has 0 atom stereocenters. The highest BCUT2D eigenvalue weighted by atomic mass is 32.2. The lowest BCUT2D eigenvalue weighted by Gasteiger charge is -2.23. The number of nitrogens with zero attached hydrogens (tertiary/aromatic N) is 1. The van der Waals surface area contributed by atoms with Gasteiger partial charge in [0.25, 0.3) is 15.9 Å². The van der Waals surface area contributed by atoms with Crippen molar-refractivity contribution in [1.82, 2.24) is 5.32 Å². The highest BCUT2D eigenvalue weighted by Crippen LogP contribution is 2.29. The summed E-state index contributed by atoms with van der Waals surface area (Å²) in [6.45, 7) is -0.623. The largest absolute Gasteiger partial charge is 0.480 e. The Morgan fingerprint density at radius 3 is 2.29 bits per heavy atom. The molecule has 4 rings (SSSR count). The van der Waals surface area contributed by atoms with Crippen molar-refractivity contribution in [2.75, 3.05) is 10.8 Å². The molecule has 0 unspecified atom stereocenters. The Morgan fingerprint density at radius 2 is 1.66 bits per heavy atom. The molecule has 0 spiro atoms. The molecule has 0 saturated carbocycles. The Morgan fingerprint density at radius 1 is 0.974 bits per heavy atom. The number of amidine groups is 1. The van der Waals surface area contributed by atoms with Crippen LogP contribution in [0.15, 0.2) is 89.8 Å². The molecule has 0 aliphatic rings. The minimum absolute atomic E-state index is 0.0527. The third-order valence-corrected chi connectivity index (χ3v) is 7.58. The van der Waals surface area contributed by atoms with Crippen molar-refractivity contribution in [2.24, 2.45) is 5.73 Å². The highest BCUT2D eigenvalue weighted by Gasteiger charge is 2.27. The van der Waals surface area contributed by atoms with Crippen LogP contribution in [0, 0.1) is 11.2 Å². The predicted octanol–water partition coefficient (Wildman–Crippen LogP) is 3.47. The van der Waals surface area contributed by atoms with Gasteiger partial charge in [-0.1, -0.05) is 42.5 Å². The minimum Gasteiger partial charge on any atom is -0.480 e. The summed E-state index contributed by atoms with van der Waals surface area (Å²) in [7, 11) is -4.32. The molecule has 0 fully saturated rings. The van der Waals surface area contributed by atoms with Gasteiger partial charge in [-0.25, -0.2) is 12.8 Å². The summed E-state index contributed by atoms with van der Waals surface area (Å²) >= 11 is 0. The summed E-state index contributed by atoms with van der Waals surface area (Å²) in [6, 6.07) is 20.4. The Balaban J connectivity index is 1.63. The normalized spacial score (nSPS) is 11.2. The van der Waals surface area contributed by atoms with Crippen LogP contribution in [0.2, 0.25) is 0 Å². The zero-order chi connectivity index (χ0) is 27.4. The first-order valence-corrected chi connectivity index (χ1v) is 12.7. The van der Waals surface area contributed by atoms with Gasteiger partial charge in [-0.05, 0) is 58.8 Å². The molecule has 0 radical (unpaired) electrons. The van der Waals surface area contributed by atoms with E-state index in [0.29, 0.717) is 21.9 Å². The molecule has 0 heterocycles. The molecule has 11 heteroatoms. The summed E-state index contributed by atoms with van der Waals surface area (Å²) < 4.78 is 40.5. The van der Waals surface area contributed by atoms with Gasteiger partial charge < -0.3 is 16.2 Å². The summed E-state index contributed by atoms with van der Waals surface area (Å²) in [5.41, 5.74) is 7.26. The van der Waals surface area contributed by atoms with Gasteiger partial charge in [0.15, 0.2) is 0 Å². The molecule has 0 saturated heterocycles. The molecule has 4 aromatic carbocycles. The molecule has 38 heavy (non-hydrogen) atoms. The maximum atomic E-state index is 13.3. The highest BCUT2D eigenvalue weighted by molar-refractivity contribution is 7.92. The Labute approximate surface area is 217 Å². The van der Waals surface area contributed by atoms with Crippen LogP contribution < -0.4 is 15.4 Å². The fourth-order valence-electron chi connectivity index (χ4n) is 3.88. The van der Waals surface area contributed by atoms with Crippen LogP contribution in [0.3, 0.4) is 0 Å². The Kier molecular flexibility index (Phi) is 7.40. The molecule has 194 valence electrons. The van der Waals surface area contributed by atoms with Gasteiger partial charge in [0.05, 0.1) is 10.6 Å². The van der Waals surface area contributed by atoms with Gasteiger partial charge in [0, 0.05) is 17.7 Å². The minimum atomic E-state index is -4.32. The molecule has 9 nitrogen and oxygen atoms in total. The van der Waals surface area contributed by atoms with Gasteiger partial charge in [-0.3, -0.25) is 19.3 Å². The standard InChI is InChI=1S/C27H23FN4O5S/c28-20-8-11-22(12-9-20)38(36,37)32(16-25(33)34)21-10-13-23-19(14-21)2-1-3-24(23)27(35)31-15-17-4-6-18(7-5-17)26(29)30/h1-14H,15-16H2,(H3,29,30)(H,31,35)(H,33,34). The number of carboxylic acids is 1. The summed E-state index contributed by atoms with van der Waals surface area (Å²) in [6.07, 6.45) is 0. The van der Waals surface area contributed by atoms with E-state index in [1.54, 1.807) is 48.5 Å². The number of nitrogen functional groups attached to an aromatic ring is 1. The van der Waals surface area contributed by atoms with Crippen LogP contribution in [-0.2, 0) is 21.4 Å². The van der Waals surface area contributed by atoms with Crippen molar-refractivity contribution in [3.05, 3.63) is 107 Å². The van der Waals surface area contributed by atoms with E-state index in [0.717, 1.165) is 34.1 Å². The van der Waals surface area contributed by atoms with Crippen LogP contribution in [0.5, 0.6) is 0 Å². The molecule has 5 N–H and O–H groups in total. The number of hydrogen-bond donors (Lipinski definition) is 4. The van der Waals surface area contributed by atoms with E-state index in [2.05, 4.69) is 5.32 Å². The van der Waals surface area contributed by atoms with E-state index in [9.17, 15) is 27.5 Å². The number of carbonyl (C=O) groups excluding carboxylic acids is 1. The smallest absolute Gasteiger partial charge is 0.324 e. The van der Waals surface area contributed by atoms with Crippen LogP contribution in [0.1, 0.15) is 21.5 Å². The van der Waals surface area contributed by atoms with E-state index in [4.69, 9.17) is 11.1 Å². The lowest BCUT2D eigenvalue weighted by Crippen LogP contribution is -2.35.